The van der Waals surface area contributed by atoms with Gasteiger partial charge >= 0.3 is 0 Å². The Balaban J connectivity index is 2.07. The lowest BCUT2D eigenvalue weighted by atomic mass is 10.1. The van der Waals surface area contributed by atoms with Gasteiger partial charge in [-0.1, -0.05) is 35.5 Å². The molecular formula is C13H17N3O. The number of nitrogens with zero attached hydrogens (tertiary/aromatic N) is 2. The summed E-state index contributed by atoms with van der Waals surface area (Å²) in [7, 11) is 0. The number of hydrogen-bond donors (Lipinski definition) is 1. The van der Waals surface area contributed by atoms with E-state index in [-0.39, 0.29) is 5.54 Å². The van der Waals surface area contributed by atoms with Gasteiger partial charge in [-0.2, -0.15) is 4.98 Å². The third kappa shape index (κ3) is 3.39. The Kier molecular flexibility index (Phi) is 3.24. The summed E-state index contributed by atoms with van der Waals surface area (Å²) in [6.45, 7) is 6.88. The first-order valence-electron chi connectivity index (χ1n) is 5.68. The second-order valence-corrected chi connectivity index (χ2v) is 4.98. The highest BCUT2D eigenvalue weighted by molar-refractivity contribution is 5.53. The maximum atomic E-state index is 5.19. The van der Waals surface area contributed by atoms with Crippen LogP contribution < -0.4 is 5.32 Å². The van der Waals surface area contributed by atoms with Gasteiger partial charge in [0.05, 0.1) is 6.54 Å². The molecule has 1 aromatic carbocycles. The molecule has 0 saturated carbocycles. The van der Waals surface area contributed by atoms with Gasteiger partial charge < -0.3 is 9.84 Å². The predicted molar refractivity (Wildman–Crippen MR) is 66.3 cm³/mol. The van der Waals surface area contributed by atoms with Crippen LogP contribution in [0.15, 0.2) is 34.9 Å². The molecule has 0 fully saturated rings. The van der Waals surface area contributed by atoms with Gasteiger partial charge in [0.2, 0.25) is 11.7 Å². The molecule has 2 aromatic rings. The number of nitrogens with one attached hydrogen (secondary N) is 1. The molecule has 0 aliphatic heterocycles. The van der Waals surface area contributed by atoms with E-state index < -0.39 is 0 Å². The van der Waals surface area contributed by atoms with E-state index in [1.54, 1.807) is 0 Å². The quantitative estimate of drug-likeness (QED) is 0.882. The van der Waals surface area contributed by atoms with Crippen molar-refractivity contribution < 1.29 is 4.52 Å². The van der Waals surface area contributed by atoms with Gasteiger partial charge in [0.15, 0.2) is 0 Å². The first-order valence-corrected chi connectivity index (χ1v) is 5.68. The van der Waals surface area contributed by atoms with Crippen LogP contribution in [0.2, 0.25) is 0 Å². The van der Waals surface area contributed by atoms with Gasteiger partial charge in [-0.3, -0.25) is 0 Å². The summed E-state index contributed by atoms with van der Waals surface area (Å²) in [4.78, 5) is 4.34. The Morgan fingerprint density at radius 1 is 1.18 bits per heavy atom. The predicted octanol–water partition coefficient (Wildman–Crippen LogP) is 2.62. The molecule has 0 radical (unpaired) electrons. The fourth-order valence-corrected chi connectivity index (χ4v) is 1.37. The van der Waals surface area contributed by atoms with Gasteiger partial charge in [0.1, 0.15) is 0 Å². The second kappa shape index (κ2) is 4.67. The average Bonchev–Trinajstić information content (AvgIpc) is 2.75. The van der Waals surface area contributed by atoms with Gasteiger partial charge in [-0.25, -0.2) is 0 Å². The number of aromatic nitrogens is 2. The van der Waals surface area contributed by atoms with E-state index in [0.717, 1.165) is 5.56 Å². The molecule has 2 rings (SSSR count). The lowest BCUT2D eigenvalue weighted by Crippen LogP contribution is -2.35. The summed E-state index contributed by atoms with van der Waals surface area (Å²) in [6.07, 6.45) is 0. The van der Waals surface area contributed by atoms with Gasteiger partial charge in [-0.15, -0.1) is 0 Å². The normalized spacial score (nSPS) is 11.7. The van der Waals surface area contributed by atoms with E-state index in [9.17, 15) is 0 Å². The maximum absolute atomic E-state index is 5.19. The number of hydrogen-bond acceptors (Lipinski definition) is 4. The van der Waals surface area contributed by atoms with Crippen molar-refractivity contribution in [2.75, 3.05) is 0 Å². The molecule has 4 nitrogen and oxygen atoms in total. The molecule has 4 heteroatoms. The van der Waals surface area contributed by atoms with Crippen molar-refractivity contribution >= 4 is 0 Å². The van der Waals surface area contributed by atoms with Crippen molar-refractivity contribution in [2.45, 2.75) is 32.9 Å². The zero-order valence-corrected chi connectivity index (χ0v) is 10.4. The highest BCUT2D eigenvalue weighted by Crippen LogP contribution is 2.14. The van der Waals surface area contributed by atoms with Crippen molar-refractivity contribution in [3.8, 4) is 11.4 Å². The Bertz CT molecular complexity index is 471. The first kappa shape index (κ1) is 11.8. The van der Waals surface area contributed by atoms with Gasteiger partial charge in [0.25, 0.3) is 0 Å². The maximum Gasteiger partial charge on any atom is 0.240 e. The van der Waals surface area contributed by atoms with E-state index in [4.69, 9.17) is 4.52 Å². The minimum Gasteiger partial charge on any atom is -0.338 e. The lowest BCUT2D eigenvalue weighted by molar-refractivity contribution is 0.336. The molecule has 0 saturated heterocycles. The minimum absolute atomic E-state index is 0.0430. The zero-order chi connectivity index (χ0) is 12.3. The Hall–Kier alpha value is -1.68. The standard InChI is InChI=1S/C13H17N3O/c1-13(2,3)14-9-11-15-12(16-17-11)10-7-5-4-6-8-10/h4-8,14H,9H2,1-3H3. The highest BCUT2D eigenvalue weighted by Gasteiger charge is 2.12. The second-order valence-electron chi connectivity index (χ2n) is 4.98. The molecule has 17 heavy (non-hydrogen) atoms. The Labute approximate surface area is 101 Å². The summed E-state index contributed by atoms with van der Waals surface area (Å²) in [5, 5.41) is 7.27. The van der Waals surface area contributed by atoms with Crippen LogP contribution in [-0.4, -0.2) is 15.7 Å². The van der Waals surface area contributed by atoms with E-state index in [2.05, 4.69) is 36.2 Å². The molecule has 1 aromatic heterocycles. The molecule has 1 heterocycles. The largest absolute Gasteiger partial charge is 0.338 e. The van der Waals surface area contributed by atoms with Crippen molar-refractivity contribution in [3.63, 3.8) is 0 Å². The molecule has 0 unspecified atom stereocenters. The molecule has 0 bridgehead atoms. The summed E-state index contributed by atoms with van der Waals surface area (Å²) in [6, 6.07) is 9.81. The van der Waals surface area contributed by atoms with Crippen molar-refractivity contribution in [1.29, 1.82) is 0 Å². The molecule has 1 N–H and O–H groups in total. The molecule has 0 amide bonds. The van der Waals surface area contributed by atoms with Crippen molar-refractivity contribution in [3.05, 3.63) is 36.2 Å². The zero-order valence-electron chi connectivity index (χ0n) is 10.4. The molecule has 0 aliphatic rings. The summed E-state index contributed by atoms with van der Waals surface area (Å²) >= 11 is 0. The minimum atomic E-state index is 0.0430. The summed E-state index contributed by atoms with van der Waals surface area (Å²) < 4.78 is 5.19. The third-order valence-electron chi connectivity index (χ3n) is 2.27. The topological polar surface area (TPSA) is 51.0 Å². The van der Waals surface area contributed by atoms with Crippen LogP contribution in [0.25, 0.3) is 11.4 Å². The van der Waals surface area contributed by atoms with Crippen LogP contribution in [0.4, 0.5) is 0 Å². The van der Waals surface area contributed by atoms with Crippen LogP contribution in [0.3, 0.4) is 0 Å². The molecule has 0 atom stereocenters. The average molecular weight is 231 g/mol. The monoisotopic (exact) mass is 231 g/mol. The van der Waals surface area contributed by atoms with Crippen LogP contribution in [0.1, 0.15) is 26.7 Å². The molecule has 0 aliphatic carbocycles. The fraction of sp³-hybridized carbons (Fsp3) is 0.385. The van der Waals surface area contributed by atoms with Crippen LogP contribution >= 0.6 is 0 Å². The van der Waals surface area contributed by atoms with Gasteiger partial charge in [-0.05, 0) is 20.8 Å². The third-order valence-corrected chi connectivity index (χ3v) is 2.27. The molecular weight excluding hydrogens is 214 g/mol. The first-order chi connectivity index (χ1) is 8.04. The van der Waals surface area contributed by atoms with Crippen molar-refractivity contribution in [2.24, 2.45) is 0 Å². The van der Waals surface area contributed by atoms with E-state index in [1.807, 2.05) is 30.3 Å². The number of rotatable bonds is 3. The molecule has 0 spiro atoms. The molecule has 90 valence electrons. The smallest absolute Gasteiger partial charge is 0.240 e. The van der Waals surface area contributed by atoms with E-state index in [0.29, 0.717) is 18.3 Å². The highest BCUT2D eigenvalue weighted by atomic mass is 16.5. The van der Waals surface area contributed by atoms with Gasteiger partial charge in [0, 0.05) is 11.1 Å². The lowest BCUT2D eigenvalue weighted by Gasteiger charge is -2.18. The summed E-state index contributed by atoms with van der Waals surface area (Å²) in [5.74, 6) is 1.25. The fourth-order valence-electron chi connectivity index (χ4n) is 1.37. The van der Waals surface area contributed by atoms with Crippen LogP contribution in [0, 0.1) is 0 Å². The Morgan fingerprint density at radius 3 is 2.53 bits per heavy atom. The number of benzene rings is 1. The van der Waals surface area contributed by atoms with E-state index in [1.165, 1.54) is 0 Å². The van der Waals surface area contributed by atoms with E-state index >= 15 is 0 Å². The van der Waals surface area contributed by atoms with Crippen LogP contribution in [-0.2, 0) is 6.54 Å². The Morgan fingerprint density at radius 2 is 1.88 bits per heavy atom. The van der Waals surface area contributed by atoms with Crippen LogP contribution in [0.5, 0.6) is 0 Å². The SMILES string of the molecule is CC(C)(C)NCc1nc(-c2ccccc2)no1. The van der Waals surface area contributed by atoms with Crippen molar-refractivity contribution in [1.82, 2.24) is 15.5 Å². The summed E-state index contributed by atoms with van der Waals surface area (Å²) in [5.41, 5.74) is 1.01.